The van der Waals surface area contributed by atoms with Crippen molar-refractivity contribution in [1.29, 1.82) is 0 Å². The Morgan fingerprint density at radius 1 is 0.962 bits per heavy atom. The number of likely N-dealkylation sites (tertiary alicyclic amines) is 1. The first-order chi connectivity index (χ1) is 12.3. The van der Waals surface area contributed by atoms with E-state index in [0.717, 1.165) is 25.4 Å². The molecule has 3 fully saturated rings. The van der Waals surface area contributed by atoms with Crippen LogP contribution >= 0.6 is 12.4 Å². The topological polar surface area (TPSA) is 32.3 Å². The average Bonchev–Trinajstić information content (AvgIpc) is 2.99. The third-order valence-corrected chi connectivity index (χ3v) is 6.69. The summed E-state index contributed by atoms with van der Waals surface area (Å²) in [5, 5.41) is 3.68. The zero-order valence-corrected chi connectivity index (χ0v) is 16.6. The minimum Gasteiger partial charge on any atom is -0.343 e. The number of piperidine rings is 2. The molecule has 0 aliphatic carbocycles. The Bertz CT molecular complexity index is 559. The minimum absolute atomic E-state index is 0. The minimum atomic E-state index is 0. The van der Waals surface area contributed by atoms with Crippen LogP contribution in [0.5, 0.6) is 0 Å². The first-order valence-corrected chi connectivity index (χ1v) is 10.3. The van der Waals surface area contributed by atoms with Crippen molar-refractivity contribution in [3.8, 4) is 0 Å². The molecule has 0 aromatic heterocycles. The van der Waals surface area contributed by atoms with E-state index in [9.17, 15) is 4.79 Å². The molecule has 0 saturated carbocycles. The van der Waals surface area contributed by atoms with Crippen molar-refractivity contribution in [3.05, 3.63) is 35.9 Å². The summed E-state index contributed by atoms with van der Waals surface area (Å²) in [4.78, 5) is 14.8. The second-order valence-electron chi connectivity index (χ2n) is 8.53. The molecule has 0 radical (unpaired) electrons. The number of benzene rings is 1. The highest BCUT2D eigenvalue weighted by Gasteiger charge is 2.35. The number of fused-ring (bicyclic) bond motifs is 2. The lowest BCUT2D eigenvalue weighted by Crippen LogP contribution is -2.42. The summed E-state index contributed by atoms with van der Waals surface area (Å²) in [5.41, 5.74) is 1.45. The average molecular weight is 377 g/mol. The zero-order valence-electron chi connectivity index (χ0n) is 15.7. The molecule has 1 aromatic rings. The smallest absolute Gasteiger partial charge is 0.222 e. The normalized spacial score (nSPS) is 28.6. The zero-order chi connectivity index (χ0) is 17.1. The van der Waals surface area contributed by atoms with Gasteiger partial charge in [-0.1, -0.05) is 30.3 Å². The van der Waals surface area contributed by atoms with Gasteiger partial charge in [0.2, 0.25) is 5.91 Å². The van der Waals surface area contributed by atoms with Crippen molar-refractivity contribution >= 4 is 18.3 Å². The van der Waals surface area contributed by atoms with Gasteiger partial charge in [-0.15, -0.1) is 12.4 Å². The number of carbonyl (C=O) groups excluding carboxylic acids is 1. The first-order valence-electron chi connectivity index (χ1n) is 10.3. The monoisotopic (exact) mass is 376 g/mol. The summed E-state index contributed by atoms with van der Waals surface area (Å²) in [6.07, 6.45) is 10.7. The van der Waals surface area contributed by atoms with Gasteiger partial charge in [-0.05, 0) is 68.8 Å². The Labute approximate surface area is 164 Å². The molecule has 2 atom stereocenters. The van der Waals surface area contributed by atoms with Gasteiger partial charge in [0.25, 0.3) is 0 Å². The lowest BCUT2D eigenvalue weighted by atomic mass is 9.88. The Balaban J connectivity index is 0.00000196. The molecule has 3 saturated heterocycles. The molecule has 26 heavy (non-hydrogen) atoms. The molecular weight excluding hydrogens is 344 g/mol. The Hall–Kier alpha value is -1.06. The van der Waals surface area contributed by atoms with Gasteiger partial charge in [0.1, 0.15) is 0 Å². The van der Waals surface area contributed by atoms with E-state index in [2.05, 4.69) is 40.5 Å². The summed E-state index contributed by atoms with van der Waals surface area (Å²) in [5.74, 6) is 1.84. The maximum Gasteiger partial charge on any atom is 0.222 e. The molecule has 0 spiro atoms. The highest BCUT2D eigenvalue weighted by atomic mass is 35.5. The Morgan fingerprint density at radius 2 is 1.62 bits per heavy atom. The van der Waals surface area contributed by atoms with E-state index in [1.54, 1.807) is 0 Å². The van der Waals surface area contributed by atoms with Crippen LogP contribution in [-0.4, -0.2) is 36.0 Å². The summed E-state index contributed by atoms with van der Waals surface area (Å²) in [6, 6.07) is 12.2. The number of nitrogens with one attached hydrogen (secondary N) is 1. The number of hydrogen-bond donors (Lipinski definition) is 1. The van der Waals surface area contributed by atoms with E-state index in [0.29, 0.717) is 23.9 Å². The van der Waals surface area contributed by atoms with Gasteiger partial charge in [-0.3, -0.25) is 4.79 Å². The highest BCUT2D eigenvalue weighted by Crippen LogP contribution is 2.33. The molecule has 2 unspecified atom stereocenters. The van der Waals surface area contributed by atoms with Crippen molar-refractivity contribution < 1.29 is 4.79 Å². The number of amides is 1. The summed E-state index contributed by atoms with van der Waals surface area (Å²) >= 11 is 0. The van der Waals surface area contributed by atoms with E-state index in [4.69, 9.17) is 0 Å². The van der Waals surface area contributed by atoms with Crippen LogP contribution in [0.25, 0.3) is 0 Å². The SMILES string of the molecule is Cl.O=C(CC1CC2CCC(C1)N2)N1CCC(CCc2ccccc2)CC1. The summed E-state index contributed by atoms with van der Waals surface area (Å²) < 4.78 is 0. The van der Waals surface area contributed by atoms with E-state index < -0.39 is 0 Å². The van der Waals surface area contributed by atoms with Gasteiger partial charge in [-0.25, -0.2) is 0 Å². The molecule has 1 amide bonds. The van der Waals surface area contributed by atoms with Gasteiger partial charge in [0.15, 0.2) is 0 Å². The molecule has 3 nitrogen and oxygen atoms in total. The highest BCUT2D eigenvalue weighted by molar-refractivity contribution is 5.85. The maximum atomic E-state index is 12.7. The molecule has 3 aliphatic rings. The molecule has 3 heterocycles. The quantitative estimate of drug-likeness (QED) is 0.835. The first kappa shape index (κ1) is 19.7. The molecule has 1 N–H and O–H groups in total. The van der Waals surface area contributed by atoms with Crippen LogP contribution in [0, 0.1) is 11.8 Å². The van der Waals surface area contributed by atoms with E-state index in [1.807, 2.05) is 0 Å². The van der Waals surface area contributed by atoms with Gasteiger partial charge in [-0.2, -0.15) is 0 Å². The number of hydrogen-bond acceptors (Lipinski definition) is 2. The predicted molar refractivity (Wildman–Crippen MR) is 109 cm³/mol. The summed E-state index contributed by atoms with van der Waals surface area (Å²) in [6.45, 7) is 1.96. The molecule has 2 bridgehead atoms. The van der Waals surface area contributed by atoms with Crippen LogP contribution < -0.4 is 5.32 Å². The fourth-order valence-electron chi connectivity index (χ4n) is 5.20. The standard InChI is InChI=1S/C22H32N2O.ClH/c25-22(16-19-14-20-8-9-21(15-19)23-20)24-12-10-18(11-13-24)7-6-17-4-2-1-3-5-17;/h1-5,18-21,23H,6-16H2;1H. The van der Waals surface area contributed by atoms with Gasteiger partial charge < -0.3 is 10.2 Å². The van der Waals surface area contributed by atoms with Crippen LogP contribution in [0.2, 0.25) is 0 Å². The Morgan fingerprint density at radius 3 is 2.27 bits per heavy atom. The van der Waals surface area contributed by atoms with Crippen LogP contribution in [-0.2, 0) is 11.2 Å². The van der Waals surface area contributed by atoms with Gasteiger partial charge >= 0.3 is 0 Å². The van der Waals surface area contributed by atoms with E-state index in [1.165, 1.54) is 56.9 Å². The van der Waals surface area contributed by atoms with Crippen molar-refractivity contribution in [2.24, 2.45) is 11.8 Å². The molecule has 144 valence electrons. The maximum absolute atomic E-state index is 12.7. The largest absolute Gasteiger partial charge is 0.343 e. The second kappa shape index (κ2) is 9.23. The third kappa shape index (κ3) is 5.01. The number of carbonyl (C=O) groups is 1. The number of halogens is 1. The molecule has 4 heteroatoms. The van der Waals surface area contributed by atoms with Crippen molar-refractivity contribution in [3.63, 3.8) is 0 Å². The molecule has 1 aromatic carbocycles. The van der Waals surface area contributed by atoms with Gasteiger partial charge in [0, 0.05) is 31.6 Å². The molecular formula is C22H33ClN2O. The molecule has 3 aliphatic heterocycles. The van der Waals surface area contributed by atoms with Gasteiger partial charge in [0.05, 0.1) is 0 Å². The lowest BCUT2D eigenvalue weighted by Gasteiger charge is -2.34. The molecule has 4 rings (SSSR count). The van der Waals surface area contributed by atoms with Crippen molar-refractivity contribution in [2.45, 2.75) is 69.9 Å². The van der Waals surface area contributed by atoms with Crippen LogP contribution in [0.4, 0.5) is 0 Å². The summed E-state index contributed by atoms with van der Waals surface area (Å²) in [7, 11) is 0. The van der Waals surface area contributed by atoms with E-state index >= 15 is 0 Å². The number of aryl methyl sites for hydroxylation is 1. The van der Waals surface area contributed by atoms with Crippen LogP contribution in [0.1, 0.15) is 56.9 Å². The second-order valence-corrected chi connectivity index (χ2v) is 8.53. The number of nitrogens with zero attached hydrogens (tertiary/aromatic N) is 1. The van der Waals surface area contributed by atoms with E-state index in [-0.39, 0.29) is 12.4 Å². The fraction of sp³-hybridized carbons (Fsp3) is 0.682. The van der Waals surface area contributed by atoms with Crippen molar-refractivity contribution in [1.82, 2.24) is 10.2 Å². The van der Waals surface area contributed by atoms with Crippen LogP contribution in [0.3, 0.4) is 0 Å². The van der Waals surface area contributed by atoms with Crippen molar-refractivity contribution in [2.75, 3.05) is 13.1 Å². The predicted octanol–water partition coefficient (Wildman–Crippen LogP) is 4.20. The number of rotatable bonds is 5. The lowest BCUT2D eigenvalue weighted by molar-refractivity contribution is -0.133. The fourth-order valence-corrected chi connectivity index (χ4v) is 5.20. The Kier molecular flexibility index (Phi) is 6.99. The van der Waals surface area contributed by atoms with Crippen LogP contribution in [0.15, 0.2) is 30.3 Å². The third-order valence-electron chi connectivity index (χ3n) is 6.69.